The number of benzene rings is 1. The van der Waals surface area contributed by atoms with E-state index in [4.69, 9.17) is 4.52 Å². The third-order valence-electron chi connectivity index (χ3n) is 3.55. The first kappa shape index (κ1) is 14.6. The minimum atomic E-state index is 0.135. The molecule has 1 N–H and O–H groups in total. The van der Waals surface area contributed by atoms with E-state index in [1.54, 1.807) is 0 Å². The normalized spacial score (nSPS) is 18.0. The highest BCUT2D eigenvalue weighted by atomic mass is 32.2. The molecular weight excluding hydrogens is 282 g/mol. The van der Waals surface area contributed by atoms with Crippen LogP contribution in [0.2, 0.25) is 0 Å². The topological polar surface area (TPSA) is 51.0 Å². The first-order valence-corrected chi connectivity index (χ1v) is 8.58. The van der Waals surface area contributed by atoms with Crippen LogP contribution in [0.1, 0.15) is 42.7 Å². The second kappa shape index (κ2) is 6.62. The minimum absolute atomic E-state index is 0.135. The summed E-state index contributed by atoms with van der Waals surface area (Å²) in [6, 6.07) is 8.65. The lowest BCUT2D eigenvalue weighted by Crippen LogP contribution is -2.28. The summed E-state index contributed by atoms with van der Waals surface area (Å²) in [6.45, 7) is 5.30. The van der Waals surface area contributed by atoms with Crippen LogP contribution in [0.4, 0.5) is 0 Å². The van der Waals surface area contributed by atoms with Crippen LogP contribution >= 0.6 is 11.8 Å². The summed E-state index contributed by atoms with van der Waals surface area (Å²) < 4.78 is 5.44. The van der Waals surface area contributed by atoms with Crippen molar-refractivity contribution in [2.24, 2.45) is 5.92 Å². The Kier molecular flexibility index (Phi) is 4.60. The molecule has 5 heteroatoms. The van der Waals surface area contributed by atoms with Gasteiger partial charge in [-0.05, 0) is 29.2 Å². The van der Waals surface area contributed by atoms with E-state index in [-0.39, 0.29) is 6.04 Å². The molecule has 2 heterocycles. The summed E-state index contributed by atoms with van der Waals surface area (Å²) in [6.07, 6.45) is 0.914. The molecule has 21 heavy (non-hydrogen) atoms. The molecule has 0 radical (unpaired) electrons. The molecule has 0 fully saturated rings. The van der Waals surface area contributed by atoms with Gasteiger partial charge in [-0.15, -0.1) is 0 Å². The molecule has 4 nitrogen and oxygen atoms in total. The van der Waals surface area contributed by atoms with Crippen LogP contribution in [-0.4, -0.2) is 15.9 Å². The Hall–Kier alpha value is -1.33. The molecule has 0 bridgehead atoms. The van der Waals surface area contributed by atoms with Gasteiger partial charge in [-0.1, -0.05) is 43.3 Å². The number of fused-ring (bicyclic) bond motifs is 1. The predicted octanol–water partition coefficient (Wildman–Crippen LogP) is 3.35. The Morgan fingerprint density at radius 1 is 1.33 bits per heavy atom. The summed E-state index contributed by atoms with van der Waals surface area (Å²) in [5, 5.41) is 7.57. The molecule has 1 atom stereocenters. The molecule has 0 aliphatic carbocycles. The smallest absolute Gasteiger partial charge is 0.244 e. The highest BCUT2D eigenvalue weighted by Gasteiger charge is 2.24. The highest BCUT2D eigenvalue weighted by Crippen LogP contribution is 2.25. The number of nitrogens with one attached hydrogen (secondary N) is 1. The SMILES string of the molecule is CC(C)CSCc1noc(C2Cc3ccccc3CN2)n1. The second-order valence-electron chi connectivity index (χ2n) is 5.86. The molecule has 112 valence electrons. The largest absolute Gasteiger partial charge is 0.338 e. The molecule has 3 rings (SSSR count). The summed E-state index contributed by atoms with van der Waals surface area (Å²) in [5.74, 6) is 4.16. The molecule has 0 amide bonds. The Labute approximate surface area is 129 Å². The first-order chi connectivity index (χ1) is 10.2. The monoisotopic (exact) mass is 303 g/mol. The average Bonchev–Trinajstić information content (AvgIpc) is 2.95. The maximum absolute atomic E-state index is 5.44. The van der Waals surface area contributed by atoms with Crippen molar-refractivity contribution >= 4 is 11.8 Å². The standard InChI is InChI=1S/C16H21N3OS/c1-11(2)9-21-10-15-18-16(20-19-15)14-7-12-5-3-4-6-13(12)8-17-14/h3-6,11,14,17H,7-10H2,1-2H3. The van der Waals surface area contributed by atoms with E-state index >= 15 is 0 Å². The number of hydrogen-bond acceptors (Lipinski definition) is 5. The minimum Gasteiger partial charge on any atom is -0.338 e. The lowest BCUT2D eigenvalue weighted by atomic mass is 9.96. The van der Waals surface area contributed by atoms with E-state index < -0.39 is 0 Å². The number of hydrogen-bond donors (Lipinski definition) is 1. The van der Waals surface area contributed by atoms with Crippen molar-refractivity contribution < 1.29 is 4.52 Å². The quantitative estimate of drug-likeness (QED) is 0.918. The fourth-order valence-electron chi connectivity index (χ4n) is 2.48. The number of thioether (sulfide) groups is 1. The van der Waals surface area contributed by atoms with Crippen molar-refractivity contribution in [3.8, 4) is 0 Å². The number of rotatable bonds is 5. The van der Waals surface area contributed by atoms with Crippen LogP contribution in [0.25, 0.3) is 0 Å². The predicted molar refractivity (Wildman–Crippen MR) is 85.0 cm³/mol. The first-order valence-electron chi connectivity index (χ1n) is 7.42. The molecule has 1 unspecified atom stereocenters. The second-order valence-corrected chi connectivity index (χ2v) is 6.89. The Balaban J connectivity index is 1.62. The van der Waals surface area contributed by atoms with Crippen LogP contribution in [0.3, 0.4) is 0 Å². The number of aromatic nitrogens is 2. The molecule has 0 spiro atoms. The molecule has 2 aromatic rings. The van der Waals surface area contributed by atoms with Gasteiger partial charge in [0.25, 0.3) is 0 Å². The maximum Gasteiger partial charge on any atom is 0.244 e. The summed E-state index contributed by atoms with van der Waals surface area (Å²) in [7, 11) is 0. The Bertz CT molecular complexity index is 597. The van der Waals surface area contributed by atoms with Crippen molar-refractivity contribution in [1.82, 2.24) is 15.5 Å². The van der Waals surface area contributed by atoms with Crippen LogP contribution < -0.4 is 5.32 Å². The molecule has 0 saturated heterocycles. The van der Waals surface area contributed by atoms with Crippen molar-refractivity contribution in [3.05, 3.63) is 47.1 Å². The van der Waals surface area contributed by atoms with Crippen LogP contribution in [-0.2, 0) is 18.7 Å². The van der Waals surface area contributed by atoms with Crippen molar-refractivity contribution in [2.45, 2.75) is 38.6 Å². The summed E-state index contributed by atoms with van der Waals surface area (Å²) >= 11 is 1.86. The van der Waals surface area contributed by atoms with Crippen LogP contribution in [0.15, 0.2) is 28.8 Å². The zero-order valence-corrected chi connectivity index (χ0v) is 13.3. The molecule has 1 aromatic carbocycles. The van der Waals surface area contributed by atoms with Gasteiger partial charge in [0.05, 0.1) is 11.8 Å². The van der Waals surface area contributed by atoms with Gasteiger partial charge < -0.3 is 9.84 Å². The van der Waals surface area contributed by atoms with E-state index in [0.717, 1.165) is 30.3 Å². The van der Waals surface area contributed by atoms with Gasteiger partial charge in [0.15, 0.2) is 5.82 Å². The zero-order valence-electron chi connectivity index (χ0n) is 12.5. The van der Waals surface area contributed by atoms with Gasteiger partial charge in [0, 0.05) is 6.54 Å². The van der Waals surface area contributed by atoms with E-state index in [2.05, 4.69) is 53.6 Å². The lowest BCUT2D eigenvalue weighted by molar-refractivity contribution is 0.319. The average molecular weight is 303 g/mol. The van der Waals surface area contributed by atoms with Gasteiger partial charge in [0.2, 0.25) is 5.89 Å². The zero-order chi connectivity index (χ0) is 14.7. The van der Waals surface area contributed by atoms with Crippen LogP contribution in [0, 0.1) is 5.92 Å². The molecular formula is C16H21N3OS. The molecule has 0 saturated carbocycles. The molecule has 1 aromatic heterocycles. The van der Waals surface area contributed by atoms with Gasteiger partial charge in [-0.25, -0.2) is 0 Å². The van der Waals surface area contributed by atoms with Gasteiger partial charge in [0.1, 0.15) is 0 Å². The van der Waals surface area contributed by atoms with E-state index in [1.807, 2.05) is 11.8 Å². The van der Waals surface area contributed by atoms with Crippen molar-refractivity contribution in [2.75, 3.05) is 5.75 Å². The van der Waals surface area contributed by atoms with Gasteiger partial charge in [-0.3, -0.25) is 0 Å². The summed E-state index contributed by atoms with van der Waals surface area (Å²) in [5.41, 5.74) is 2.73. The maximum atomic E-state index is 5.44. The molecule has 1 aliphatic rings. The van der Waals surface area contributed by atoms with E-state index in [0.29, 0.717) is 11.8 Å². The number of nitrogens with zero attached hydrogens (tertiary/aromatic N) is 2. The Morgan fingerprint density at radius 2 is 2.14 bits per heavy atom. The van der Waals surface area contributed by atoms with Crippen molar-refractivity contribution in [3.63, 3.8) is 0 Å². The fourth-order valence-corrected chi connectivity index (χ4v) is 3.37. The van der Waals surface area contributed by atoms with Gasteiger partial charge in [-0.2, -0.15) is 16.7 Å². The van der Waals surface area contributed by atoms with Crippen LogP contribution in [0.5, 0.6) is 0 Å². The fraction of sp³-hybridized carbons (Fsp3) is 0.500. The lowest BCUT2D eigenvalue weighted by Gasteiger charge is -2.23. The van der Waals surface area contributed by atoms with Crippen molar-refractivity contribution in [1.29, 1.82) is 0 Å². The molecule has 1 aliphatic heterocycles. The van der Waals surface area contributed by atoms with Gasteiger partial charge >= 0.3 is 0 Å². The Morgan fingerprint density at radius 3 is 2.95 bits per heavy atom. The van der Waals surface area contributed by atoms with E-state index in [1.165, 1.54) is 11.1 Å². The summed E-state index contributed by atoms with van der Waals surface area (Å²) in [4.78, 5) is 4.54. The highest BCUT2D eigenvalue weighted by molar-refractivity contribution is 7.98. The third kappa shape index (κ3) is 3.66. The third-order valence-corrected chi connectivity index (χ3v) is 4.91. The van der Waals surface area contributed by atoms with E-state index in [9.17, 15) is 0 Å².